The molecule has 15 heavy (non-hydrogen) atoms. The lowest BCUT2D eigenvalue weighted by molar-refractivity contribution is -0.131. The van der Waals surface area contributed by atoms with Crippen LogP contribution in [-0.4, -0.2) is 5.97 Å². The van der Waals surface area contributed by atoms with Crippen molar-refractivity contribution in [3.8, 4) is 5.75 Å². The molecule has 2 nitrogen and oxygen atoms in total. The predicted molar refractivity (Wildman–Crippen MR) is 59.7 cm³/mol. The first-order valence-corrected chi connectivity index (χ1v) is 5.17. The van der Waals surface area contributed by atoms with Gasteiger partial charge in [-0.15, -0.1) is 0 Å². The molecule has 1 aliphatic heterocycles. The number of carbonyl (C=O) groups is 1. The van der Waals surface area contributed by atoms with Gasteiger partial charge in [-0.25, -0.2) is 0 Å². The summed E-state index contributed by atoms with van der Waals surface area (Å²) < 4.78 is 5.02. The monoisotopic (exact) mass is 202 g/mol. The fourth-order valence-corrected chi connectivity index (χ4v) is 1.56. The minimum atomic E-state index is -0.157. The average Bonchev–Trinajstić information content (AvgIpc) is 2.53. The molecule has 1 aromatic carbocycles. The summed E-state index contributed by atoms with van der Waals surface area (Å²) in [6.07, 6.45) is 4.62. The van der Waals surface area contributed by atoms with Gasteiger partial charge in [-0.05, 0) is 23.6 Å². The highest BCUT2D eigenvalue weighted by Crippen LogP contribution is 2.27. The van der Waals surface area contributed by atoms with Crippen molar-refractivity contribution < 1.29 is 9.53 Å². The third-order valence-corrected chi connectivity index (χ3v) is 2.32. The van der Waals surface area contributed by atoms with Crippen LogP contribution in [-0.2, 0) is 11.2 Å². The lowest BCUT2D eigenvalue weighted by atomic mass is 10.1. The van der Waals surface area contributed by atoms with E-state index in [0.29, 0.717) is 18.1 Å². The summed E-state index contributed by atoms with van der Waals surface area (Å²) in [5.74, 6) is 1.09. The van der Waals surface area contributed by atoms with Crippen LogP contribution >= 0.6 is 0 Å². The Bertz CT molecular complexity index is 417. The lowest BCUT2D eigenvalue weighted by Crippen LogP contribution is -1.99. The minimum Gasteiger partial charge on any atom is -0.426 e. The zero-order valence-corrected chi connectivity index (χ0v) is 8.99. The molecule has 2 heteroatoms. The summed E-state index contributed by atoms with van der Waals surface area (Å²) in [6, 6.07) is 5.84. The van der Waals surface area contributed by atoms with Crippen LogP contribution in [0.1, 0.15) is 25.0 Å². The van der Waals surface area contributed by atoms with E-state index in [1.54, 1.807) is 0 Å². The topological polar surface area (TPSA) is 26.3 Å². The van der Waals surface area contributed by atoms with E-state index in [9.17, 15) is 4.79 Å². The predicted octanol–water partition coefficient (Wildman–Crippen LogP) is 2.82. The second-order valence-corrected chi connectivity index (χ2v) is 4.12. The van der Waals surface area contributed by atoms with Gasteiger partial charge in [0.1, 0.15) is 5.75 Å². The third kappa shape index (κ3) is 2.27. The van der Waals surface area contributed by atoms with Gasteiger partial charge in [0.2, 0.25) is 0 Å². The van der Waals surface area contributed by atoms with Crippen LogP contribution in [0.2, 0.25) is 0 Å². The standard InChI is InChI=1S/C13H14O2/c1-9(2)3-4-10-5-6-12-11(7-10)8-13(14)15-12/h3-7,9H,8H2,1-2H3/b4-3+. The molecule has 0 saturated heterocycles. The largest absolute Gasteiger partial charge is 0.426 e. The van der Waals surface area contributed by atoms with Gasteiger partial charge in [-0.3, -0.25) is 4.79 Å². The van der Waals surface area contributed by atoms with E-state index in [-0.39, 0.29) is 5.97 Å². The normalized spacial score (nSPS) is 14.7. The van der Waals surface area contributed by atoms with Gasteiger partial charge in [0.25, 0.3) is 0 Å². The fourth-order valence-electron chi connectivity index (χ4n) is 1.56. The average molecular weight is 202 g/mol. The highest BCUT2D eigenvalue weighted by atomic mass is 16.5. The van der Waals surface area contributed by atoms with E-state index in [1.165, 1.54) is 0 Å². The quantitative estimate of drug-likeness (QED) is 0.544. The van der Waals surface area contributed by atoms with E-state index < -0.39 is 0 Å². The third-order valence-electron chi connectivity index (χ3n) is 2.32. The minimum absolute atomic E-state index is 0.157. The summed E-state index contributed by atoms with van der Waals surface area (Å²) in [4.78, 5) is 11.0. The van der Waals surface area contributed by atoms with Gasteiger partial charge in [0.05, 0.1) is 6.42 Å². The first kappa shape index (κ1) is 9.97. The summed E-state index contributed by atoms with van der Waals surface area (Å²) in [5, 5.41) is 0. The van der Waals surface area contributed by atoms with E-state index in [4.69, 9.17) is 4.74 Å². The van der Waals surface area contributed by atoms with E-state index in [0.717, 1.165) is 11.1 Å². The van der Waals surface area contributed by atoms with Gasteiger partial charge in [-0.2, -0.15) is 0 Å². The molecule has 0 atom stereocenters. The first-order valence-electron chi connectivity index (χ1n) is 5.17. The SMILES string of the molecule is CC(C)/C=C/c1ccc2c(c1)CC(=O)O2. The molecule has 0 saturated carbocycles. The molecule has 0 fully saturated rings. The van der Waals surface area contributed by atoms with Crippen LogP contribution in [0, 0.1) is 5.92 Å². The molecule has 0 radical (unpaired) electrons. The summed E-state index contributed by atoms with van der Waals surface area (Å²) in [5.41, 5.74) is 2.12. The Morgan fingerprint density at radius 1 is 1.40 bits per heavy atom. The van der Waals surface area contributed by atoms with E-state index in [1.807, 2.05) is 18.2 Å². The zero-order chi connectivity index (χ0) is 10.8. The Morgan fingerprint density at radius 3 is 2.93 bits per heavy atom. The van der Waals surface area contributed by atoms with Crippen molar-refractivity contribution in [1.29, 1.82) is 0 Å². The Hall–Kier alpha value is -1.57. The number of benzene rings is 1. The molecule has 0 N–H and O–H groups in total. The Labute approximate surface area is 89.6 Å². The number of rotatable bonds is 2. The van der Waals surface area contributed by atoms with E-state index >= 15 is 0 Å². The van der Waals surface area contributed by atoms with Crippen LogP contribution in [0.4, 0.5) is 0 Å². The van der Waals surface area contributed by atoms with Crippen molar-refractivity contribution in [2.45, 2.75) is 20.3 Å². The smallest absolute Gasteiger partial charge is 0.315 e. The van der Waals surface area contributed by atoms with Crippen molar-refractivity contribution in [1.82, 2.24) is 0 Å². The maximum Gasteiger partial charge on any atom is 0.315 e. The van der Waals surface area contributed by atoms with Gasteiger partial charge >= 0.3 is 5.97 Å². The van der Waals surface area contributed by atoms with Crippen LogP contribution in [0.15, 0.2) is 24.3 Å². The Kier molecular flexibility index (Phi) is 2.58. The second-order valence-electron chi connectivity index (χ2n) is 4.12. The molecule has 78 valence electrons. The maximum absolute atomic E-state index is 11.0. The second kappa shape index (κ2) is 3.89. The number of fused-ring (bicyclic) bond motifs is 1. The van der Waals surface area contributed by atoms with Crippen LogP contribution in [0.3, 0.4) is 0 Å². The molecule has 0 amide bonds. The van der Waals surface area contributed by atoms with Crippen molar-refractivity contribution >= 4 is 12.0 Å². The summed E-state index contributed by atoms with van der Waals surface area (Å²) in [6.45, 7) is 4.27. The number of carbonyl (C=O) groups excluding carboxylic acids is 1. The van der Waals surface area contributed by atoms with Gasteiger partial charge in [0.15, 0.2) is 0 Å². The molecule has 1 aromatic rings. The highest BCUT2D eigenvalue weighted by molar-refractivity contribution is 5.81. The maximum atomic E-state index is 11.0. The number of hydrogen-bond acceptors (Lipinski definition) is 2. The van der Waals surface area contributed by atoms with Gasteiger partial charge in [0, 0.05) is 5.56 Å². The summed E-state index contributed by atoms with van der Waals surface area (Å²) in [7, 11) is 0. The molecule has 0 unspecified atom stereocenters. The van der Waals surface area contributed by atoms with E-state index in [2.05, 4.69) is 26.0 Å². The lowest BCUT2D eigenvalue weighted by Gasteiger charge is -1.99. The molecule has 0 aliphatic carbocycles. The van der Waals surface area contributed by atoms with Gasteiger partial charge in [-0.1, -0.05) is 32.1 Å². The molecular formula is C13H14O2. The van der Waals surface area contributed by atoms with Crippen LogP contribution in [0.5, 0.6) is 5.75 Å². The molecular weight excluding hydrogens is 188 g/mol. The van der Waals surface area contributed by atoms with Crippen LogP contribution in [0.25, 0.3) is 6.08 Å². The van der Waals surface area contributed by atoms with Crippen LogP contribution < -0.4 is 4.74 Å². The van der Waals surface area contributed by atoms with Crippen molar-refractivity contribution in [3.63, 3.8) is 0 Å². The molecule has 2 rings (SSSR count). The highest BCUT2D eigenvalue weighted by Gasteiger charge is 2.19. The van der Waals surface area contributed by atoms with Crippen molar-refractivity contribution in [3.05, 3.63) is 35.4 Å². The molecule has 1 aliphatic rings. The number of hydrogen-bond donors (Lipinski definition) is 0. The number of esters is 1. The molecule has 0 aromatic heterocycles. The Morgan fingerprint density at radius 2 is 2.20 bits per heavy atom. The van der Waals surface area contributed by atoms with Gasteiger partial charge < -0.3 is 4.74 Å². The molecule has 0 bridgehead atoms. The molecule has 0 spiro atoms. The zero-order valence-electron chi connectivity index (χ0n) is 8.99. The molecule has 1 heterocycles. The van der Waals surface area contributed by atoms with Crippen molar-refractivity contribution in [2.75, 3.05) is 0 Å². The fraction of sp³-hybridized carbons (Fsp3) is 0.308. The number of ether oxygens (including phenoxy) is 1. The summed E-state index contributed by atoms with van der Waals surface area (Å²) >= 11 is 0. The Balaban J connectivity index is 2.23. The van der Waals surface area contributed by atoms with Crippen molar-refractivity contribution in [2.24, 2.45) is 5.92 Å². The number of allylic oxidation sites excluding steroid dienone is 1. The first-order chi connectivity index (χ1) is 7.15.